The van der Waals surface area contributed by atoms with Crippen LogP contribution in [0.3, 0.4) is 0 Å². The number of nitrogens with zero attached hydrogens (tertiary/aromatic N) is 1. The second-order valence-corrected chi connectivity index (χ2v) is 6.67. The number of nitrogens with two attached hydrogens (primary N) is 1. The fraction of sp³-hybridized carbons (Fsp3) is 0.429. The van der Waals surface area contributed by atoms with Gasteiger partial charge in [-0.1, -0.05) is 42.5 Å². The van der Waals surface area contributed by atoms with Gasteiger partial charge in [0.05, 0.1) is 0 Å². The number of benzene rings is 2. The normalized spacial score (nSPS) is 16.2. The van der Waals surface area contributed by atoms with E-state index in [1.807, 2.05) is 24.3 Å². The minimum absolute atomic E-state index is 0.562. The summed E-state index contributed by atoms with van der Waals surface area (Å²) in [5.74, 6) is 1.75. The van der Waals surface area contributed by atoms with Crippen LogP contribution >= 0.6 is 0 Å². The van der Waals surface area contributed by atoms with Crippen LogP contribution in [-0.2, 0) is 13.0 Å². The highest BCUT2D eigenvalue weighted by Crippen LogP contribution is 2.21. The van der Waals surface area contributed by atoms with Gasteiger partial charge >= 0.3 is 0 Å². The van der Waals surface area contributed by atoms with Crippen LogP contribution in [0, 0.1) is 5.92 Å². The van der Waals surface area contributed by atoms with Crippen molar-refractivity contribution in [2.75, 3.05) is 26.2 Å². The summed E-state index contributed by atoms with van der Waals surface area (Å²) in [6.45, 7) is 4.68. The van der Waals surface area contributed by atoms with E-state index in [0.29, 0.717) is 6.54 Å². The molecular weight excluding hydrogens is 296 g/mol. The molecule has 1 heterocycles. The molecule has 1 fully saturated rings. The van der Waals surface area contributed by atoms with E-state index in [-0.39, 0.29) is 0 Å². The first-order valence-electron chi connectivity index (χ1n) is 9.01. The molecule has 0 amide bonds. The molecule has 0 atom stereocenters. The van der Waals surface area contributed by atoms with E-state index in [2.05, 4.69) is 35.2 Å². The highest BCUT2D eigenvalue weighted by Gasteiger charge is 2.19. The van der Waals surface area contributed by atoms with Gasteiger partial charge in [-0.15, -0.1) is 0 Å². The summed E-state index contributed by atoms with van der Waals surface area (Å²) in [6.07, 6.45) is 3.80. The second-order valence-electron chi connectivity index (χ2n) is 6.67. The fourth-order valence-corrected chi connectivity index (χ4v) is 3.42. The lowest BCUT2D eigenvalue weighted by Gasteiger charge is -2.31. The smallest absolute Gasteiger partial charge is 0.119 e. The molecular formula is C21H28N2O. The average molecular weight is 324 g/mol. The van der Waals surface area contributed by atoms with Crippen molar-refractivity contribution in [2.24, 2.45) is 11.7 Å². The van der Waals surface area contributed by atoms with Crippen LogP contribution in [0.1, 0.15) is 24.0 Å². The van der Waals surface area contributed by atoms with E-state index in [9.17, 15) is 0 Å². The maximum atomic E-state index is 5.88. The first-order valence-corrected chi connectivity index (χ1v) is 9.01. The molecule has 1 aliphatic heterocycles. The number of ether oxygens (including phenoxy) is 1. The van der Waals surface area contributed by atoms with Gasteiger partial charge in [0.1, 0.15) is 12.4 Å². The molecule has 0 radical (unpaired) electrons. The van der Waals surface area contributed by atoms with Crippen molar-refractivity contribution >= 4 is 0 Å². The van der Waals surface area contributed by atoms with Crippen molar-refractivity contribution in [1.29, 1.82) is 0 Å². The summed E-state index contributed by atoms with van der Waals surface area (Å²) in [5, 5.41) is 0. The van der Waals surface area contributed by atoms with Gasteiger partial charge in [-0.3, -0.25) is 4.90 Å². The van der Waals surface area contributed by atoms with Crippen LogP contribution in [-0.4, -0.2) is 31.1 Å². The van der Waals surface area contributed by atoms with Gasteiger partial charge in [0.15, 0.2) is 0 Å². The lowest BCUT2D eigenvalue weighted by atomic mass is 9.90. The first kappa shape index (κ1) is 17.0. The molecule has 2 aromatic carbocycles. The van der Waals surface area contributed by atoms with Gasteiger partial charge in [0, 0.05) is 13.1 Å². The monoisotopic (exact) mass is 324 g/mol. The zero-order valence-electron chi connectivity index (χ0n) is 14.4. The maximum Gasteiger partial charge on any atom is 0.119 e. The van der Waals surface area contributed by atoms with E-state index < -0.39 is 0 Å². The highest BCUT2D eigenvalue weighted by atomic mass is 16.5. The van der Waals surface area contributed by atoms with E-state index in [1.165, 1.54) is 37.9 Å². The molecule has 0 spiro atoms. The molecule has 0 aromatic heterocycles. The Hall–Kier alpha value is -1.84. The topological polar surface area (TPSA) is 38.5 Å². The summed E-state index contributed by atoms with van der Waals surface area (Å²) in [6, 6.07) is 18.9. The third kappa shape index (κ3) is 5.08. The minimum Gasteiger partial charge on any atom is -0.492 e. The Morgan fingerprint density at radius 1 is 0.958 bits per heavy atom. The molecule has 3 heteroatoms. The molecule has 0 saturated carbocycles. The zero-order chi connectivity index (χ0) is 16.6. The molecule has 24 heavy (non-hydrogen) atoms. The van der Waals surface area contributed by atoms with Gasteiger partial charge in [0.25, 0.3) is 0 Å². The molecule has 3 nitrogen and oxygen atoms in total. The van der Waals surface area contributed by atoms with Gasteiger partial charge < -0.3 is 10.5 Å². The lowest BCUT2D eigenvalue weighted by Crippen LogP contribution is -2.37. The van der Waals surface area contributed by atoms with Crippen molar-refractivity contribution in [3.8, 4) is 5.75 Å². The minimum atomic E-state index is 0.562. The third-order valence-electron chi connectivity index (χ3n) is 4.88. The van der Waals surface area contributed by atoms with Gasteiger partial charge in [0.2, 0.25) is 0 Å². The van der Waals surface area contributed by atoms with Crippen LogP contribution in [0.2, 0.25) is 0 Å². The molecule has 128 valence electrons. The molecule has 3 rings (SSSR count). The fourth-order valence-electron chi connectivity index (χ4n) is 3.42. The van der Waals surface area contributed by atoms with E-state index >= 15 is 0 Å². The van der Waals surface area contributed by atoms with E-state index in [1.54, 1.807) is 0 Å². The summed E-state index contributed by atoms with van der Waals surface area (Å²) >= 11 is 0. The molecule has 0 unspecified atom stereocenters. The summed E-state index contributed by atoms with van der Waals surface area (Å²) in [5.41, 5.74) is 8.26. The van der Waals surface area contributed by atoms with Crippen LogP contribution in [0.4, 0.5) is 0 Å². The summed E-state index contributed by atoms with van der Waals surface area (Å²) in [7, 11) is 0. The predicted molar refractivity (Wildman–Crippen MR) is 99.1 cm³/mol. The first-order chi connectivity index (χ1) is 11.8. The predicted octanol–water partition coefficient (Wildman–Crippen LogP) is 3.48. The van der Waals surface area contributed by atoms with Crippen LogP contribution in [0.25, 0.3) is 0 Å². The Morgan fingerprint density at radius 2 is 1.71 bits per heavy atom. The zero-order valence-corrected chi connectivity index (χ0v) is 14.4. The number of hydrogen-bond acceptors (Lipinski definition) is 3. The molecule has 1 saturated heterocycles. The largest absolute Gasteiger partial charge is 0.492 e. The van der Waals surface area contributed by atoms with Gasteiger partial charge in [-0.2, -0.15) is 0 Å². The standard InChI is InChI=1S/C21H28N2O/c22-17-20-7-4-8-21(16-20)24-14-13-23-11-9-19(10-12-23)15-18-5-2-1-3-6-18/h1-8,16,19H,9-15,17,22H2. The van der Waals surface area contributed by atoms with Crippen molar-refractivity contribution in [3.63, 3.8) is 0 Å². The third-order valence-corrected chi connectivity index (χ3v) is 4.88. The molecule has 2 aromatic rings. The van der Waals surface area contributed by atoms with Gasteiger partial charge in [-0.25, -0.2) is 0 Å². The Morgan fingerprint density at radius 3 is 2.46 bits per heavy atom. The van der Waals surface area contributed by atoms with Crippen molar-refractivity contribution in [3.05, 3.63) is 65.7 Å². The van der Waals surface area contributed by atoms with Crippen molar-refractivity contribution < 1.29 is 4.74 Å². The molecule has 0 bridgehead atoms. The Labute approximate surface area is 145 Å². The highest BCUT2D eigenvalue weighted by molar-refractivity contribution is 5.28. The quantitative estimate of drug-likeness (QED) is 0.847. The van der Waals surface area contributed by atoms with Crippen molar-refractivity contribution in [2.45, 2.75) is 25.8 Å². The SMILES string of the molecule is NCc1cccc(OCCN2CCC(Cc3ccccc3)CC2)c1. The van der Waals surface area contributed by atoms with E-state index in [0.717, 1.165) is 30.4 Å². The number of likely N-dealkylation sites (tertiary alicyclic amines) is 1. The molecule has 0 aliphatic carbocycles. The summed E-state index contributed by atoms with van der Waals surface area (Å²) < 4.78 is 5.88. The number of piperidine rings is 1. The maximum absolute atomic E-state index is 5.88. The Bertz CT molecular complexity index is 606. The number of rotatable bonds is 7. The molecule has 2 N–H and O–H groups in total. The number of hydrogen-bond donors (Lipinski definition) is 1. The van der Waals surface area contributed by atoms with Crippen LogP contribution in [0.15, 0.2) is 54.6 Å². The summed E-state index contributed by atoms with van der Waals surface area (Å²) in [4.78, 5) is 2.52. The lowest BCUT2D eigenvalue weighted by molar-refractivity contribution is 0.155. The van der Waals surface area contributed by atoms with Gasteiger partial charge in [-0.05, 0) is 61.5 Å². The van der Waals surface area contributed by atoms with Crippen LogP contribution in [0.5, 0.6) is 5.75 Å². The Kier molecular flexibility index (Phi) is 6.27. The molecule has 1 aliphatic rings. The van der Waals surface area contributed by atoms with E-state index in [4.69, 9.17) is 10.5 Å². The van der Waals surface area contributed by atoms with Crippen LogP contribution < -0.4 is 10.5 Å². The average Bonchev–Trinajstić information content (AvgIpc) is 2.64. The second kappa shape index (κ2) is 8.86. The Balaban J connectivity index is 1.36. The van der Waals surface area contributed by atoms with Crippen molar-refractivity contribution in [1.82, 2.24) is 4.90 Å².